The lowest BCUT2D eigenvalue weighted by atomic mass is 9.95. The Bertz CT molecular complexity index is 1470. The number of hydrogen-bond donors (Lipinski definition) is 3. The number of aryl methyl sites for hydroxylation is 1. The van der Waals surface area contributed by atoms with Crippen LogP contribution in [-0.4, -0.2) is 63.4 Å². The number of piperidine rings is 1. The molecule has 10 nitrogen and oxygen atoms in total. The van der Waals surface area contributed by atoms with E-state index in [9.17, 15) is 9.90 Å². The molecule has 4 aromatic heterocycles. The van der Waals surface area contributed by atoms with Crippen molar-refractivity contribution in [2.75, 3.05) is 37.0 Å². The lowest BCUT2D eigenvalue weighted by molar-refractivity contribution is 0.0359. The Morgan fingerprint density at radius 2 is 2.08 bits per heavy atom. The zero-order chi connectivity index (χ0) is 25.5. The van der Waals surface area contributed by atoms with Gasteiger partial charge in [0.05, 0.1) is 47.7 Å². The molecule has 0 aromatic carbocycles. The summed E-state index contributed by atoms with van der Waals surface area (Å²) in [6, 6.07) is 7.86. The number of methoxy groups -OCH3 is 1. The predicted molar refractivity (Wildman–Crippen MR) is 141 cm³/mol. The number of pyridine rings is 3. The van der Waals surface area contributed by atoms with E-state index < -0.39 is 0 Å². The first-order valence-corrected chi connectivity index (χ1v) is 12.4. The third kappa shape index (κ3) is 4.17. The Morgan fingerprint density at radius 3 is 2.89 bits per heavy atom. The van der Waals surface area contributed by atoms with Crippen LogP contribution in [0, 0.1) is 5.92 Å². The number of carbonyl (C=O) groups is 1. The second-order valence-corrected chi connectivity index (χ2v) is 9.62. The average molecular weight is 500 g/mol. The zero-order valence-electron chi connectivity index (χ0n) is 20.8. The predicted octanol–water partition coefficient (Wildman–Crippen LogP) is 2.85. The largest absolute Gasteiger partial charge is 0.393 e. The Morgan fingerprint density at radius 1 is 1.19 bits per heavy atom. The molecule has 4 aromatic rings. The van der Waals surface area contributed by atoms with Crippen LogP contribution in [0.4, 0.5) is 17.2 Å². The molecule has 0 saturated carbocycles. The van der Waals surface area contributed by atoms with Gasteiger partial charge < -0.3 is 29.9 Å². The van der Waals surface area contributed by atoms with Crippen molar-refractivity contribution in [2.24, 2.45) is 13.0 Å². The second-order valence-electron chi connectivity index (χ2n) is 9.62. The second kappa shape index (κ2) is 9.45. The Kier molecular flexibility index (Phi) is 5.97. The lowest BCUT2D eigenvalue weighted by Gasteiger charge is -2.37. The van der Waals surface area contributed by atoms with Gasteiger partial charge in [0.1, 0.15) is 11.5 Å². The van der Waals surface area contributed by atoms with Crippen LogP contribution in [0.15, 0.2) is 49.1 Å². The number of ether oxygens (including phenoxy) is 1. The molecule has 1 unspecified atom stereocenters. The van der Waals surface area contributed by atoms with Gasteiger partial charge in [-0.15, -0.1) is 0 Å². The summed E-state index contributed by atoms with van der Waals surface area (Å²) in [7, 11) is 3.62. The average Bonchev–Trinajstić information content (AvgIpc) is 3.49. The minimum atomic E-state index is -0.348. The van der Waals surface area contributed by atoms with Crippen molar-refractivity contribution in [1.29, 1.82) is 0 Å². The SMILES string of the molecule is COC[C@@H]1CN(c2ccc(Nc3cnc(-c4ccnc5c4ccn5C)c4c3C(=O)NC4)nc2)CCC1O. The monoisotopic (exact) mass is 499 g/mol. The Balaban J connectivity index is 1.27. The van der Waals surface area contributed by atoms with Crippen molar-refractivity contribution in [3.8, 4) is 11.3 Å². The van der Waals surface area contributed by atoms with Gasteiger partial charge in [-0.25, -0.2) is 9.97 Å². The van der Waals surface area contributed by atoms with E-state index >= 15 is 0 Å². The summed E-state index contributed by atoms with van der Waals surface area (Å²) in [5.41, 5.74) is 5.65. The normalized spacial score (nSPS) is 19.2. The summed E-state index contributed by atoms with van der Waals surface area (Å²) in [6.07, 6.45) is 7.60. The van der Waals surface area contributed by atoms with E-state index in [0.717, 1.165) is 40.1 Å². The Labute approximate surface area is 214 Å². The van der Waals surface area contributed by atoms with E-state index in [0.29, 0.717) is 43.2 Å². The number of amides is 1. The fourth-order valence-electron chi connectivity index (χ4n) is 5.36. The maximum absolute atomic E-state index is 12.8. The van der Waals surface area contributed by atoms with E-state index in [-0.39, 0.29) is 17.9 Å². The minimum absolute atomic E-state index is 0.0692. The third-order valence-electron chi connectivity index (χ3n) is 7.31. The number of aromatic nitrogens is 4. The number of fused-ring (bicyclic) bond motifs is 2. The van der Waals surface area contributed by atoms with E-state index in [1.165, 1.54) is 0 Å². The molecular formula is C27H29N7O3. The molecule has 0 bridgehead atoms. The number of aliphatic hydroxyl groups is 1. The van der Waals surface area contributed by atoms with E-state index in [2.05, 4.69) is 25.5 Å². The van der Waals surface area contributed by atoms with Crippen molar-refractivity contribution in [3.05, 3.63) is 60.2 Å². The molecule has 1 amide bonds. The van der Waals surface area contributed by atoms with Crippen LogP contribution in [0.2, 0.25) is 0 Å². The third-order valence-corrected chi connectivity index (χ3v) is 7.31. The van der Waals surface area contributed by atoms with Gasteiger partial charge in [0.25, 0.3) is 5.91 Å². The van der Waals surface area contributed by atoms with Crippen LogP contribution in [0.25, 0.3) is 22.3 Å². The highest BCUT2D eigenvalue weighted by atomic mass is 16.5. The molecule has 3 N–H and O–H groups in total. The molecule has 37 heavy (non-hydrogen) atoms. The molecule has 2 aliphatic rings. The number of nitrogens with one attached hydrogen (secondary N) is 2. The molecule has 190 valence electrons. The Hall–Kier alpha value is -4.02. The van der Waals surface area contributed by atoms with Gasteiger partial charge in [-0.2, -0.15) is 0 Å². The quantitative estimate of drug-likeness (QED) is 0.371. The standard InChI is InChI=1S/C27H29N7O3/c1-33-9-6-19-18(5-8-28-26(19)33)25-20-12-31-27(36)24(20)21(13-30-25)32-23-4-3-17(11-29-23)34-10-7-22(35)16(14-34)15-37-2/h3-6,8-9,11,13,16,22,35H,7,10,12,14-15H2,1-2H3,(H,29,32)(H,31,36)/t16-,22?/m0/s1. The van der Waals surface area contributed by atoms with Gasteiger partial charge in [-0.05, 0) is 30.7 Å². The van der Waals surface area contributed by atoms with Gasteiger partial charge in [0, 0.05) is 68.6 Å². The highest BCUT2D eigenvalue weighted by Crippen LogP contribution is 2.36. The summed E-state index contributed by atoms with van der Waals surface area (Å²) in [5.74, 6) is 0.562. The number of rotatable bonds is 6. The van der Waals surface area contributed by atoms with Gasteiger partial charge in [0.15, 0.2) is 0 Å². The van der Waals surface area contributed by atoms with E-state index in [4.69, 9.17) is 9.72 Å². The van der Waals surface area contributed by atoms with E-state index in [1.807, 2.05) is 48.3 Å². The van der Waals surface area contributed by atoms with Crippen molar-refractivity contribution < 1.29 is 14.6 Å². The fraction of sp³-hybridized carbons (Fsp3) is 0.333. The highest BCUT2D eigenvalue weighted by molar-refractivity contribution is 6.06. The first kappa shape index (κ1) is 23.4. The van der Waals surface area contributed by atoms with Crippen molar-refractivity contribution in [3.63, 3.8) is 0 Å². The zero-order valence-corrected chi connectivity index (χ0v) is 20.8. The van der Waals surface area contributed by atoms with Crippen LogP contribution < -0.4 is 15.5 Å². The summed E-state index contributed by atoms with van der Waals surface area (Å²) < 4.78 is 7.24. The first-order valence-electron chi connectivity index (χ1n) is 12.4. The van der Waals surface area contributed by atoms with Crippen LogP contribution in [0.3, 0.4) is 0 Å². The maximum atomic E-state index is 12.8. The molecule has 1 fully saturated rings. The highest BCUT2D eigenvalue weighted by Gasteiger charge is 2.29. The number of aliphatic hydroxyl groups excluding tert-OH is 1. The van der Waals surface area contributed by atoms with Crippen molar-refractivity contribution in [2.45, 2.75) is 19.1 Å². The molecule has 6 heterocycles. The summed E-state index contributed by atoms with van der Waals surface area (Å²) >= 11 is 0. The van der Waals surface area contributed by atoms with Gasteiger partial charge in [0.2, 0.25) is 0 Å². The van der Waals surface area contributed by atoms with Crippen molar-refractivity contribution >= 4 is 34.1 Å². The van der Waals surface area contributed by atoms with Crippen LogP contribution in [-0.2, 0) is 18.3 Å². The molecule has 0 spiro atoms. The van der Waals surface area contributed by atoms with E-state index in [1.54, 1.807) is 19.5 Å². The summed E-state index contributed by atoms with van der Waals surface area (Å²) in [5, 5.41) is 17.5. The molecule has 0 radical (unpaired) electrons. The smallest absolute Gasteiger partial charge is 0.254 e. The van der Waals surface area contributed by atoms with Gasteiger partial charge in [-0.1, -0.05) is 0 Å². The molecule has 1 saturated heterocycles. The van der Waals surface area contributed by atoms with Crippen LogP contribution >= 0.6 is 0 Å². The van der Waals surface area contributed by atoms with Crippen LogP contribution in [0.1, 0.15) is 22.3 Å². The van der Waals surface area contributed by atoms with Crippen molar-refractivity contribution in [1.82, 2.24) is 24.8 Å². The number of anilines is 3. The summed E-state index contributed by atoms with van der Waals surface area (Å²) in [4.78, 5) is 28.9. The van der Waals surface area contributed by atoms with Crippen LogP contribution in [0.5, 0.6) is 0 Å². The van der Waals surface area contributed by atoms with Gasteiger partial charge >= 0.3 is 0 Å². The van der Waals surface area contributed by atoms with Gasteiger partial charge in [-0.3, -0.25) is 9.78 Å². The number of nitrogens with zero attached hydrogens (tertiary/aromatic N) is 5. The molecular weight excluding hydrogens is 470 g/mol. The molecule has 2 atom stereocenters. The fourth-order valence-corrected chi connectivity index (χ4v) is 5.36. The summed E-state index contributed by atoms with van der Waals surface area (Å²) in [6.45, 7) is 2.42. The maximum Gasteiger partial charge on any atom is 0.254 e. The lowest BCUT2D eigenvalue weighted by Crippen LogP contribution is -2.45. The topological polar surface area (TPSA) is 117 Å². The minimum Gasteiger partial charge on any atom is -0.393 e. The molecule has 6 rings (SSSR count). The number of carbonyl (C=O) groups excluding carboxylic acids is 1. The molecule has 0 aliphatic carbocycles. The first-order chi connectivity index (χ1) is 18.0. The molecule has 2 aliphatic heterocycles. The number of hydrogen-bond acceptors (Lipinski definition) is 8. The molecule has 10 heteroatoms.